The molecule has 2 amide bonds. The molecule has 0 bridgehead atoms. The number of urea groups is 1. The highest BCUT2D eigenvalue weighted by Gasteiger charge is 2.21. The summed E-state index contributed by atoms with van der Waals surface area (Å²) in [6.45, 7) is 0.414. The van der Waals surface area contributed by atoms with Gasteiger partial charge in [0.2, 0.25) is 5.75 Å². The van der Waals surface area contributed by atoms with Crippen molar-refractivity contribution < 1.29 is 28.4 Å². The number of rotatable bonds is 10. The molecule has 0 saturated carbocycles. The minimum Gasteiger partial charge on any atom is -0.493 e. The maximum absolute atomic E-state index is 12.8. The number of hydroxylamine groups is 1. The molecule has 0 saturated heterocycles. The molecule has 12 heteroatoms. The third kappa shape index (κ3) is 5.96. The van der Waals surface area contributed by atoms with Gasteiger partial charge in [0.1, 0.15) is 12.0 Å². The van der Waals surface area contributed by atoms with Crippen LogP contribution in [-0.2, 0) is 11.3 Å². The van der Waals surface area contributed by atoms with Crippen LogP contribution in [0.5, 0.6) is 17.2 Å². The first-order valence-electron chi connectivity index (χ1n) is 11.0. The van der Waals surface area contributed by atoms with Crippen LogP contribution >= 0.6 is 12.4 Å². The van der Waals surface area contributed by atoms with E-state index in [2.05, 4.69) is 20.4 Å². The maximum atomic E-state index is 12.8. The van der Waals surface area contributed by atoms with Gasteiger partial charge in [-0.3, -0.25) is 4.84 Å². The molecule has 0 aliphatic carbocycles. The van der Waals surface area contributed by atoms with Gasteiger partial charge in [0.05, 0.1) is 40.5 Å². The summed E-state index contributed by atoms with van der Waals surface area (Å²) in [6, 6.07) is 10.5. The summed E-state index contributed by atoms with van der Waals surface area (Å²) in [5.74, 6) is 1.46. The predicted octanol–water partition coefficient (Wildman–Crippen LogP) is 4.50. The Bertz CT molecular complexity index is 1290. The van der Waals surface area contributed by atoms with Crippen LogP contribution < -0.4 is 24.6 Å². The largest absolute Gasteiger partial charge is 0.493 e. The fourth-order valence-electron chi connectivity index (χ4n) is 3.77. The van der Waals surface area contributed by atoms with E-state index in [4.69, 9.17) is 23.6 Å². The number of anilines is 1. The third-order valence-corrected chi connectivity index (χ3v) is 5.49. The first kappa shape index (κ1) is 27.4. The van der Waals surface area contributed by atoms with Gasteiger partial charge in [-0.25, -0.2) is 9.78 Å². The highest BCUT2D eigenvalue weighted by atomic mass is 35.5. The lowest BCUT2D eigenvalue weighted by Crippen LogP contribution is -2.40. The molecule has 0 radical (unpaired) electrons. The van der Waals surface area contributed by atoms with Crippen molar-refractivity contribution in [3.05, 3.63) is 60.9 Å². The van der Waals surface area contributed by atoms with Crippen molar-refractivity contribution >= 4 is 24.1 Å². The van der Waals surface area contributed by atoms with E-state index in [9.17, 15) is 4.79 Å². The average Bonchev–Trinajstić information content (AvgIpc) is 3.61. The zero-order valence-corrected chi connectivity index (χ0v) is 21.6. The van der Waals surface area contributed by atoms with Crippen molar-refractivity contribution in [3.8, 4) is 39.6 Å². The molecule has 4 aromatic rings. The van der Waals surface area contributed by atoms with Crippen molar-refractivity contribution in [2.45, 2.75) is 6.42 Å². The van der Waals surface area contributed by atoms with Crippen molar-refractivity contribution in [2.24, 2.45) is 0 Å². The predicted molar refractivity (Wildman–Crippen MR) is 139 cm³/mol. The van der Waals surface area contributed by atoms with Gasteiger partial charge in [-0.15, -0.1) is 12.4 Å². The Labute approximate surface area is 220 Å². The quantitative estimate of drug-likeness (QED) is 0.288. The number of imidazole rings is 1. The second-order valence-electron chi connectivity index (χ2n) is 7.58. The number of aromatic amines is 1. The maximum Gasteiger partial charge on any atom is 0.346 e. The Morgan fingerprint density at radius 3 is 2.43 bits per heavy atom. The third-order valence-electron chi connectivity index (χ3n) is 5.49. The van der Waals surface area contributed by atoms with Crippen LogP contribution in [-0.4, -0.2) is 56.1 Å². The Balaban J connectivity index is 0.00000380. The number of nitrogens with zero attached hydrogens (tertiary/aromatic N) is 3. The number of hydrogen-bond acceptors (Lipinski definition) is 8. The zero-order chi connectivity index (χ0) is 25.5. The molecule has 0 spiro atoms. The fourth-order valence-corrected chi connectivity index (χ4v) is 3.77. The van der Waals surface area contributed by atoms with E-state index in [1.54, 1.807) is 58.3 Å². The summed E-state index contributed by atoms with van der Waals surface area (Å²) in [4.78, 5) is 25.1. The van der Waals surface area contributed by atoms with Gasteiger partial charge in [-0.1, -0.05) is 17.3 Å². The Hall–Kier alpha value is -4.22. The van der Waals surface area contributed by atoms with Crippen LogP contribution in [0, 0.1) is 0 Å². The van der Waals surface area contributed by atoms with Crippen LogP contribution in [0.3, 0.4) is 0 Å². The van der Waals surface area contributed by atoms with Crippen molar-refractivity contribution in [1.82, 2.24) is 20.4 Å². The molecule has 0 unspecified atom stereocenters. The van der Waals surface area contributed by atoms with Gasteiger partial charge in [-0.05, 0) is 29.8 Å². The van der Waals surface area contributed by atoms with E-state index < -0.39 is 6.03 Å². The topological polar surface area (TPSA) is 124 Å². The minimum atomic E-state index is -0.399. The van der Waals surface area contributed by atoms with Crippen molar-refractivity contribution in [1.29, 1.82) is 0 Å². The number of carbonyl (C=O) groups excluding carboxylic acids is 1. The number of H-pyrrole nitrogens is 1. The highest BCUT2D eigenvalue weighted by molar-refractivity contribution is 5.91. The van der Waals surface area contributed by atoms with E-state index in [0.29, 0.717) is 52.7 Å². The van der Waals surface area contributed by atoms with Gasteiger partial charge < -0.3 is 29.0 Å². The van der Waals surface area contributed by atoms with Crippen LogP contribution in [0.2, 0.25) is 0 Å². The smallest absolute Gasteiger partial charge is 0.346 e. The second kappa shape index (κ2) is 12.7. The number of ether oxygens (including phenoxy) is 3. The van der Waals surface area contributed by atoms with Gasteiger partial charge in [0, 0.05) is 36.0 Å². The summed E-state index contributed by atoms with van der Waals surface area (Å²) in [6.07, 6.45) is 5.47. The molecule has 196 valence electrons. The summed E-state index contributed by atoms with van der Waals surface area (Å²) in [5.41, 5.74) is 4.21. The summed E-state index contributed by atoms with van der Waals surface area (Å²) < 4.78 is 21.7. The number of benzene rings is 2. The van der Waals surface area contributed by atoms with Crippen LogP contribution in [0.4, 0.5) is 10.5 Å². The number of aromatic nitrogens is 3. The molecule has 2 aromatic carbocycles. The normalized spacial score (nSPS) is 10.4. The number of hydrogen-bond donors (Lipinski definition) is 2. The zero-order valence-electron chi connectivity index (χ0n) is 20.8. The standard InChI is InChI=1S/C25H27N5O6.ClH/c1-32-21-11-17(12-22(33-2)24(21)34-3)23-20(14-36-29-23)16-6-5-7-19(10-16)30(35-4)25(31)27-9-8-18-13-26-15-28-18;/h5-7,10-15H,8-9H2,1-4H3,(H,26,28)(H,27,31);1H. The molecule has 37 heavy (non-hydrogen) atoms. The number of carbonyl (C=O) groups is 1. The van der Waals surface area contributed by atoms with E-state index >= 15 is 0 Å². The molecule has 2 N–H and O–H groups in total. The Morgan fingerprint density at radius 1 is 1.05 bits per heavy atom. The summed E-state index contributed by atoms with van der Waals surface area (Å²) in [7, 11) is 6.07. The highest BCUT2D eigenvalue weighted by Crippen LogP contribution is 2.43. The number of amides is 2. The first-order valence-corrected chi connectivity index (χ1v) is 11.0. The summed E-state index contributed by atoms with van der Waals surface area (Å²) in [5, 5.41) is 8.23. The lowest BCUT2D eigenvalue weighted by Gasteiger charge is -2.20. The van der Waals surface area contributed by atoms with Gasteiger partial charge in [-0.2, -0.15) is 5.06 Å². The van der Waals surface area contributed by atoms with Gasteiger partial charge >= 0.3 is 6.03 Å². The van der Waals surface area contributed by atoms with E-state index in [-0.39, 0.29) is 12.4 Å². The summed E-state index contributed by atoms with van der Waals surface area (Å²) >= 11 is 0. The van der Waals surface area contributed by atoms with E-state index in [1.807, 2.05) is 18.2 Å². The molecule has 0 atom stereocenters. The van der Waals surface area contributed by atoms with Crippen LogP contribution in [0.15, 0.2) is 59.7 Å². The molecule has 0 aliphatic rings. The first-order chi connectivity index (χ1) is 17.6. The number of methoxy groups -OCH3 is 3. The van der Waals surface area contributed by atoms with Crippen molar-refractivity contribution in [3.63, 3.8) is 0 Å². The number of halogens is 1. The molecule has 2 aromatic heterocycles. The van der Waals surface area contributed by atoms with Crippen LogP contribution in [0.1, 0.15) is 5.69 Å². The van der Waals surface area contributed by atoms with Gasteiger partial charge in [0.25, 0.3) is 0 Å². The fraction of sp³-hybridized carbons (Fsp3) is 0.240. The van der Waals surface area contributed by atoms with E-state index in [1.165, 1.54) is 12.2 Å². The lowest BCUT2D eigenvalue weighted by atomic mass is 10.0. The Kier molecular flexibility index (Phi) is 9.36. The molecule has 2 heterocycles. The molecule has 0 fully saturated rings. The molecule has 11 nitrogen and oxygen atoms in total. The molecular formula is C25H28ClN5O6. The SMILES string of the molecule is COc1cc(-c2nocc2-c2cccc(N(OC)C(=O)NCCc3cnc[nH]3)c2)cc(OC)c1OC.Cl. The minimum absolute atomic E-state index is 0. The van der Waals surface area contributed by atoms with Gasteiger partial charge in [0.15, 0.2) is 11.5 Å². The molecule has 4 rings (SSSR count). The lowest BCUT2D eigenvalue weighted by molar-refractivity contribution is 0.163. The Morgan fingerprint density at radius 2 is 1.81 bits per heavy atom. The van der Waals surface area contributed by atoms with Crippen LogP contribution in [0.25, 0.3) is 22.4 Å². The molecular weight excluding hydrogens is 502 g/mol. The number of nitrogens with one attached hydrogen (secondary N) is 2. The average molecular weight is 530 g/mol. The second-order valence-corrected chi connectivity index (χ2v) is 7.58. The molecule has 0 aliphatic heterocycles. The van der Waals surface area contributed by atoms with Crippen molar-refractivity contribution in [2.75, 3.05) is 40.0 Å². The van der Waals surface area contributed by atoms with E-state index in [0.717, 1.165) is 11.3 Å². The monoisotopic (exact) mass is 529 g/mol.